The minimum atomic E-state index is -0.975. The predicted octanol–water partition coefficient (Wildman–Crippen LogP) is 3.51. The van der Waals surface area contributed by atoms with Crippen LogP contribution in [-0.4, -0.2) is 20.6 Å². The van der Waals surface area contributed by atoms with Gasteiger partial charge in [-0.25, -0.2) is 9.59 Å². The molecule has 0 aliphatic carbocycles. The number of hydrogen-bond donors (Lipinski definition) is 2. The number of aromatic amines is 1. The van der Waals surface area contributed by atoms with Gasteiger partial charge in [-0.15, -0.1) is 0 Å². The van der Waals surface area contributed by atoms with Gasteiger partial charge < -0.3 is 10.1 Å². The van der Waals surface area contributed by atoms with E-state index < -0.39 is 12.0 Å². The van der Waals surface area contributed by atoms with Gasteiger partial charge in [-0.3, -0.25) is 4.57 Å². The second-order valence-electron chi connectivity index (χ2n) is 6.08. The van der Waals surface area contributed by atoms with E-state index in [-0.39, 0.29) is 11.6 Å². The molecule has 22 heavy (non-hydrogen) atoms. The fraction of sp³-hybridized carbons (Fsp3) is 0.529. The topological polar surface area (TPSA) is 75.1 Å². The third kappa shape index (κ3) is 2.67. The van der Waals surface area contributed by atoms with Crippen LogP contribution in [-0.2, 0) is 4.79 Å². The number of rotatable bonds is 6. The Morgan fingerprint density at radius 3 is 2.41 bits per heavy atom. The summed E-state index contributed by atoms with van der Waals surface area (Å²) < 4.78 is 1.43. The Morgan fingerprint density at radius 1 is 1.27 bits per heavy atom. The standard InChI is InChI=1S/C17H24N2O3/c1-5-11(6-2)12-8-7-9-13-15(12)19(17(22)18-13)14(10(3)4)16(20)21/h7-11,14H,5-6H2,1-4H3,(H,18,22)(H,20,21). The van der Waals surface area contributed by atoms with E-state index in [1.54, 1.807) is 0 Å². The molecule has 2 aromatic rings. The van der Waals surface area contributed by atoms with Crippen molar-refractivity contribution in [2.75, 3.05) is 0 Å². The van der Waals surface area contributed by atoms with E-state index in [2.05, 4.69) is 18.8 Å². The lowest BCUT2D eigenvalue weighted by molar-refractivity contribution is -0.142. The number of aliphatic carboxylic acids is 1. The molecule has 0 fully saturated rings. The summed E-state index contributed by atoms with van der Waals surface area (Å²) in [6.45, 7) is 7.87. The number of carboxylic acids is 1. The van der Waals surface area contributed by atoms with Crippen molar-refractivity contribution in [2.45, 2.75) is 52.5 Å². The fourth-order valence-electron chi connectivity index (χ4n) is 3.23. The highest BCUT2D eigenvalue weighted by Crippen LogP contribution is 2.31. The van der Waals surface area contributed by atoms with Gasteiger partial charge in [-0.2, -0.15) is 0 Å². The van der Waals surface area contributed by atoms with Crippen LogP contribution in [0.5, 0.6) is 0 Å². The molecule has 5 heteroatoms. The molecule has 1 atom stereocenters. The van der Waals surface area contributed by atoms with Crippen molar-refractivity contribution in [3.05, 3.63) is 34.2 Å². The number of para-hydroxylation sites is 1. The Bertz CT molecular complexity index is 723. The van der Waals surface area contributed by atoms with Gasteiger partial charge in [-0.05, 0) is 36.3 Å². The summed E-state index contributed by atoms with van der Waals surface area (Å²) in [5.74, 6) is -0.840. The highest BCUT2D eigenvalue weighted by Gasteiger charge is 2.28. The summed E-state index contributed by atoms with van der Waals surface area (Å²) in [5.41, 5.74) is 2.14. The molecule has 0 saturated heterocycles. The van der Waals surface area contributed by atoms with Crippen LogP contribution >= 0.6 is 0 Å². The number of carbonyl (C=O) groups is 1. The second-order valence-corrected chi connectivity index (χ2v) is 6.08. The highest BCUT2D eigenvalue weighted by atomic mass is 16.4. The number of benzene rings is 1. The zero-order valence-corrected chi connectivity index (χ0v) is 13.6. The molecule has 1 aromatic heterocycles. The lowest BCUT2D eigenvalue weighted by Gasteiger charge is -2.21. The van der Waals surface area contributed by atoms with E-state index in [0.29, 0.717) is 11.4 Å². The minimum absolute atomic E-state index is 0.177. The lowest BCUT2D eigenvalue weighted by Crippen LogP contribution is -2.32. The summed E-state index contributed by atoms with van der Waals surface area (Å²) >= 11 is 0. The van der Waals surface area contributed by atoms with Crippen LogP contribution in [0.25, 0.3) is 11.0 Å². The van der Waals surface area contributed by atoms with Crippen molar-refractivity contribution in [3.8, 4) is 0 Å². The molecule has 1 heterocycles. The molecule has 2 rings (SSSR count). The molecule has 0 aliphatic rings. The van der Waals surface area contributed by atoms with Gasteiger partial charge in [0.1, 0.15) is 6.04 Å². The monoisotopic (exact) mass is 304 g/mol. The maximum absolute atomic E-state index is 12.4. The van der Waals surface area contributed by atoms with Gasteiger partial charge in [0.15, 0.2) is 0 Å². The number of carboxylic acid groups (broad SMARTS) is 1. The van der Waals surface area contributed by atoms with Gasteiger partial charge in [0.2, 0.25) is 0 Å². The van der Waals surface area contributed by atoms with Crippen molar-refractivity contribution in [3.63, 3.8) is 0 Å². The number of H-pyrrole nitrogens is 1. The normalized spacial score (nSPS) is 13.2. The van der Waals surface area contributed by atoms with Gasteiger partial charge >= 0.3 is 11.7 Å². The van der Waals surface area contributed by atoms with Crippen LogP contribution < -0.4 is 5.69 Å². The quantitative estimate of drug-likeness (QED) is 0.857. The van der Waals surface area contributed by atoms with Crippen LogP contribution in [0, 0.1) is 5.92 Å². The number of nitrogens with one attached hydrogen (secondary N) is 1. The second kappa shape index (κ2) is 6.38. The van der Waals surface area contributed by atoms with E-state index in [0.717, 1.165) is 23.9 Å². The molecule has 5 nitrogen and oxygen atoms in total. The predicted molar refractivity (Wildman–Crippen MR) is 87.4 cm³/mol. The zero-order valence-electron chi connectivity index (χ0n) is 13.6. The summed E-state index contributed by atoms with van der Waals surface area (Å²) in [4.78, 5) is 26.9. The van der Waals surface area contributed by atoms with Crippen molar-refractivity contribution >= 4 is 17.0 Å². The molecule has 1 unspecified atom stereocenters. The first-order valence-electron chi connectivity index (χ1n) is 7.88. The number of imidazole rings is 1. The number of hydrogen-bond acceptors (Lipinski definition) is 2. The van der Waals surface area contributed by atoms with E-state index >= 15 is 0 Å². The maximum Gasteiger partial charge on any atom is 0.327 e. The lowest BCUT2D eigenvalue weighted by atomic mass is 9.92. The molecule has 2 N–H and O–H groups in total. The zero-order chi connectivity index (χ0) is 16.4. The van der Waals surface area contributed by atoms with Crippen LogP contribution in [0.15, 0.2) is 23.0 Å². The van der Waals surface area contributed by atoms with Crippen LogP contribution in [0.4, 0.5) is 0 Å². The molecule has 0 saturated carbocycles. The Hall–Kier alpha value is -2.04. The van der Waals surface area contributed by atoms with Crippen LogP contribution in [0.2, 0.25) is 0 Å². The average molecular weight is 304 g/mol. The third-order valence-corrected chi connectivity index (χ3v) is 4.36. The highest BCUT2D eigenvalue weighted by molar-refractivity contribution is 5.83. The van der Waals surface area contributed by atoms with Crippen molar-refractivity contribution in [2.24, 2.45) is 5.92 Å². The SMILES string of the molecule is CCC(CC)c1cccc2[nH]c(=O)n(C(C(=O)O)C(C)C)c12. The minimum Gasteiger partial charge on any atom is -0.480 e. The number of fused-ring (bicyclic) bond motifs is 1. The smallest absolute Gasteiger partial charge is 0.327 e. The van der Waals surface area contributed by atoms with E-state index in [1.165, 1.54) is 4.57 Å². The summed E-state index contributed by atoms with van der Waals surface area (Å²) in [5, 5.41) is 9.57. The van der Waals surface area contributed by atoms with Crippen LogP contribution in [0.3, 0.4) is 0 Å². The average Bonchev–Trinajstić information content (AvgIpc) is 2.77. The Morgan fingerprint density at radius 2 is 1.91 bits per heavy atom. The first-order chi connectivity index (χ1) is 10.4. The van der Waals surface area contributed by atoms with Crippen molar-refractivity contribution in [1.82, 2.24) is 9.55 Å². The molecule has 0 amide bonds. The van der Waals surface area contributed by atoms with Crippen LogP contribution in [0.1, 0.15) is 58.1 Å². The molecule has 1 aromatic carbocycles. The summed E-state index contributed by atoms with van der Waals surface area (Å²) in [6.07, 6.45) is 1.91. The molecule has 120 valence electrons. The van der Waals surface area contributed by atoms with Gasteiger partial charge in [0.05, 0.1) is 11.0 Å². The fourth-order valence-corrected chi connectivity index (χ4v) is 3.23. The number of nitrogens with zero attached hydrogens (tertiary/aromatic N) is 1. The summed E-state index contributed by atoms with van der Waals surface area (Å²) in [7, 11) is 0. The summed E-state index contributed by atoms with van der Waals surface area (Å²) in [6, 6.07) is 4.89. The van der Waals surface area contributed by atoms with Crippen molar-refractivity contribution in [1.29, 1.82) is 0 Å². The third-order valence-electron chi connectivity index (χ3n) is 4.36. The molecular weight excluding hydrogens is 280 g/mol. The van der Waals surface area contributed by atoms with Gasteiger partial charge in [0.25, 0.3) is 0 Å². The Labute approximate surface area is 130 Å². The molecular formula is C17H24N2O3. The largest absolute Gasteiger partial charge is 0.480 e. The van der Waals surface area contributed by atoms with E-state index in [1.807, 2.05) is 32.0 Å². The first-order valence-corrected chi connectivity index (χ1v) is 7.88. The molecule has 0 spiro atoms. The Balaban J connectivity index is 2.81. The maximum atomic E-state index is 12.4. The molecule has 0 bridgehead atoms. The van der Waals surface area contributed by atoms with Crippen molar-refractivity contribution < 1.29 is 9.90 Å². The first kappa shape index (κ1) is 16.3. The van der Waals surface area contributed by atoms with E-state index in [9.17, 15) is 14.7 Å². The van der Waals surface area contributed by atoms with E-state index in [4.69, 9.17) is 0 Å². The van der Waals surface area contributed by atoms with Gasteiger partial charge in [0, 0.05) is 0 Å². The number of aromatic nitrogens is 2. The van der Waals surface area contributed by atoms with Gasteiger partial charge in [-0.1, -0.05) is 39.8 Å². The molecule has 0 radical (unpaired) electrons. The Kier molecular flexibility index (Phi) is 4.74. The molecule has 0 aliphatic heterocycles.